The van der Waals surface area contributed by atoms with Crippen molar-refractivity contribution in [3.63, 3.8) is 0 Å². The second-order valence-corrected chi connectivity index (χ2v) is 10.2. The number of rotatable bonds is 6. The molecule has 0 nitrogen and oxygen atoms in total. The lowest BCUT2D eigenvalue weighted by Gasteiger charge is -2.24. The molecule has 5 rings (SSSR count). The van der Waals surface area contributed by atoms with Gasteiger partial charge in [0.15, 0.2) is 11.6 Å². The van der Waals surface area contributed by atoms with Gasteiger partial charge in [0.25, 0.3) is 0 Å². The topological polar surface area (TPSA) is 0 Å². The molecule has 2 aliphatic rings. The average Bonchev–Trinajstić information content (AvgIpc) is 3.41. The summed E-state index contributed by atoms with van der Waals surface area (Å²) in [5.41, 5.74) is 2.78. The number of halogens is 2. The van der Waals surface area contributed by atoms with Gasteiger partial charge in [-0.15, -0.1) is 11.3 Å². The van der Waals surface area contributed by atoms with Crippen LogP contribution in [0.15, 0.2) is 48.5 Å². The van der Waals surface area contributed by atoms with Crippen LogP contribution < -0.4 is 0 Å². The standard InChI is InChI=1S/C27H28F2S/c28-26-23(21-11-9-20(10-12-21)19-6-1-2-7-19)15-16-24(27(26)29)25-17-14-22(30-25)13-8-18-4-3-5-18/h9-12,14-19H,1-8,13H2. The highest BCUT2D eigenvalue weighted by Crippen LogP contribution is 2.38. The van der Waals surface area contributed by atoms with Crippen LogP contribution in [0, 0.1) is 17.6 Å². The Morgan fingerprint density at radius 2 is 1.43 bits per heavy atom. The predicted octanol–water partition coefficient (Wildman–Crippen LogP) is 8.75. The zero-order valence-corrected chi connectivity index (χ0v) is 18.1. The van der Waals surface area contributed by atoms with Gasteiger partial charge in [0, 0.05) is 20.9 Å². The molecule has 0 amide bonds. The van der Waals surface area contributed by atoms with Crippen LogP contribution in [0.4, 0.5) is 8.78 Å². The van der Waals surface area contributed by atoms with E-state index in [1.807, 2.05) is 18.2 Å². The Morgan fingerprint density at radius 1 is 0.733 bits per heavy atom. The minimum Gasteiger partial charge on any atom is -0.203 e. The average molecular weight is 423 g/mol. The van der Waals surface area contributed by atoms with Gasteiger partial charge >= 0.3 is 0 Å². The third-order valence-electron chi connectivity index (χ3n) is 7.08. The maximum atomic E-state index is 15.0. The van der Waals surface area contributed by atoms with Gasteiger partial charge in [-0.1, -0.05) is 62.4 Å². The number of hydrogen-bond donors (Lipinski definition) is 0. The van der Waals surface area contributed by atoms with Crippen molar-refractivity contribution < 1.29 is 8.78 Å². The van der Waals surface area contributed by atoms with Crippen molar-refractivity contribution in [3.05, 3.63) is 70.6 Å². The van der Waals surface area contributed by atoms with Crippen molar-refractivity contribution in [2.75, 3.05) is 0 Å². The van der Waals surface area contributed by atoms with Crippen molar-refractivity contribution in [1.29, 1.82) is 0 Å². The molecule has 156 valence electrons. The Morgan fingerprint density at radius 3 is 2.13 bits per heavy atom. The Hall–Kier alpha value is -2.00. The van der Waals surface area contributed by atoms with E-state index in [4.69, 9.17) is 0 Å². The minimum atomic E-state index is -0.745. The van der Waals surface area contributed by atoms with E-state index < -0.39 is 11.6 Å². The first-order valence-electron chi connectivity index (χ1n) is 11.4. The Kier molecular flexibility index (Phi) is 5.73. The van der Waals surface area contributed by atoms with Gasteiger partial charge in [-0.3, -0.25) is 0 Å². The smallest absolute Gasteiger partial charge is 0.168 e. The van der Waals surface area contributed by atoms with Gasteiger partial charge in [-0.05, 0) is 66.8 Å². The second-order valence-electron chi connectivity index (χ2n) is 8.99. The van der Waals surface area contributed by atoms with Crippen LogP contribution in [0.2, 0.25) is 0 Å². The van der Waals surface area contributed by atoms with Crippen molar-refractivity contribution in [1.82, 2.24) is 0 Å². The third kappa shape index (κ3) is 3.97. The van der Waals surface area contributed by atoms with E-state index in [9.17, 15) is 8.78 Å². The molecule has 2 saturated carbocycles. The van der Waals surface area contributed by atoms with Gasteiger partial charge in [0.05, 0.1) is 0 Å². The van der Waals surface area contributed by atoms with Crippen molar-refractivity contribution in [2.45, 2.75) is 63.7 Å². The number of aryl methyl sites for hydroxylation is 1. The predicted molar refractivity (Wildman–Crippen MR) is 122 cm³/mol. The fourth-order valence-electron chi connectivity index (χ4n) is 4.94. The fraction of sp³-hybridized carbons (Fsp3) is 0.407. The molecule has 30 heavy (non-hydrogen) atoms. The number of hydrogen-bond acceptors (Lipinski definition) is 1. The van der Waals surface area contributed by atoms with Crippen LogP contribution in [0.1, 0.15) is 67.7 Å². The number of thiophene rings is 1. The summed E-state index contributed by atoms with van der Waals surface area (Å²) in [5.74, 6) is 0.00898. The lowest BCUT2D eigenvalue weighted by atomic mass is 9.82. The SMILES string of the molecule is Fc1c(-c2ccc(C3CCCC3)cc2)ccc(-c2ccc(CCC3CCC3)s2)c1F. The molecule has 2 aliphatic carbocycles. The molecule has 1 heterocycles. The molecule has 0 bridgehead atoms. The molecular formula is C27H28F2S. The highest BCUT2D eigenvalue weighted by Gasteiger charge is 2.20. The van der Waals surface area contributed by atoms with E-state index in [2.05, 4.69) is 18.2 Å². The normalized spacial score (nSPS) is 17.4. The summed E-state index contributed by atoms with van der Waals surface area (Å²) in [6.07, 6.45) is 11.4. The second kappa shape index (κ2) is 8.63. The van der Waals surface area contributed by atoms with Crippen LogP contribution in [-0.2, 0) is 6.42 Å². The summed E-state index contributed by atoms with van der Waals surface area (Å²) in [4.78, 5) is 2.08. The van der Waals surface area contributed by atoms with Crippen molar-refractivity contribution in [2.24, 2.45) is 5.92 Å². The molecular weight excluding hydrogens is 394 g/mol. The first-order chi connectivity index (χ1) is 14.7. The van der Waals surface area contributed by atoms with E-state index in [1.165, 1.54) is 61.8 Å². The van der Waals surface area contributed by atoms with Crippen molar-refractivity contribution in [3.8, 4) is 21.6 Å². The fourth-order valence-corrected chi connectivity index (χ4v) is 5.98. The van der Waals surface area contributed by atoms with Crippen LogP contribution in [-0.4, -0.2) is 0 Å². The van der Waals surface area contributed by atoms with Crippen LogP contribution in [0.25, 0.3) is 21.6 Å². The molecule has 3 heteroatoms. The lowest BCUT2D eigenvalue weighted by Crippen LogP contribution is -2.11. The van der Waals surface area contributed by atoms with Crippen molar-refractivity contribution >= 4 is 11.3 Å². The van der Waals surface area contributed by atoms with Gasteiger partial charge in [-0.25, -0.2) is 8.78 Å². The summed E-state index contributed by atoms with van der Waals surface area (Å²) in [5, 5.41) is 0. The molecule has 0 unspecified atom stereocenters. The van der Waals surface area contributed by atoms with E-state index in [0.717, 1.165) is 22.8 Å². The first kappa shape index (κ1) is 19.9. The first-order valence-corrected chi connectivity index (χ1v) is 12.2. The molecule has 0 N–H and O–H groups in total. The summed E-state index contributed by atoms with van der Waals surface area (Å²) < 4.78 is 30.0. The van der Waals surface area contributed by atoms with Crippen LogP contribution >= 0.6 is 11.3 Å². The molecule has 0 saturated heterocycles. The quantitative estimate of drug-likeness (QED) is 0.372. The Balaban J connectivity index is 1.35. The van der Waals surface area contributed by atoms with E-state index in [1.54, 1.807) is 23.5 Å². The van der Waals surface area contributed by atoms with Gasteiger partial charge in [-0.2, -0.15) is 0 Å². The Labute approximate surface area is 182 Å². The van der Waals surface area contributed by atoms with Gasteiger partial charge in [0.1, 0.15) is 0 Å². The molecule has 2 fully saturated rings. The molecule has 0 radical (unpaired) electrons. The summed E-state index contributed by atoms with van der Waals surface area (Å²) >= 11 is 1.60. The maximum absolute atomic E-state index is 15.0. The van der Waals surface area contributed by atoms with E-state index in [-0.39, 0.29) is 0 Å². The minimum absolute atomic E-state index is 0.344. The molecule has 0 aliphatic heterocycles. The molecule has 2 aromatic carbocycles. The van der Waals surface area contributed by atoms with Crippen LogP contribution in [0.5, 0.6) is 0 Å². The molecule has 1 aromatic heterocycles. The zero-order valence-electron chi connectivity index (χ0n) is 17.3. The maximum Gasteiger partial charge on any atom is 0.168 e. The summed E-state index contributed by atoms with van der Waals surface area (Å²) in [6, 6.07) is 15.5. The highest BCUT2D eigenvalue weighted by molar-refractivity contribution is 7.15. The summed E-state index contributed by atoms with van der Waals surface area (Å²) in [6.45, 7) is 0. The Bertz CT molecular complexity index is 1010. The zero-order chi connectivity index (χ0) is 20.5. The molecule has 0 spiro atoms. The molecule has 0 atom stereocenters. The lowest BCUT2D eigenvalue weighted by molar-refractivity contribution is 0.297. The van der Waals surface area contributed by atoms with Gasteiger partial charge < -0.3 is 0 Å². The van der Waals surface area contributed by atoms with E-state index >= 15 is 0 Å². The summed E-state index contributed by atoms with van der Waals surface area (Å²) in [7, 11) is 0. The van der Waals surface area contributed by atoms with Crippen LogP contribution in [0.3, 0.4) is 0 Å². The highest BCUT2D eigenvalue weighted by atomic mass is 32.1. The third-order valence-corrected chi connectivity index (χ3v) is 8.26. The van der Waals surface area contributed by atoms with E-state index in [0.29, 0.717) is 17.0 Å². The monoisotopic (exact) mass is 422 g/mol. The number of benzene rings is 2. The van der Waals surface area contributed by atoms with Gasteiger partial charge in [0.2, 0.25) is 0 Å². The molecule has 3 aromatic rings. The largest absolute Gasteiger partial charge is 0.203 e.